The Bertz CT molecular complexity index is 501. The van der Waals surface area contributed by atoms with Crippen LogP contribution in [0.4, 0.5) is 0 Å². The lowest BCUT2D eigenvalue weighted by Crippen LogP contribution is -2.14. The fourth-order valence-electron chi connectivity index (χ4n) is 1.49. The zero-order chi connectivity index (χ0) is 14.3. The van der Waals surface area contributed by atoms with Crippen molar-refractivity contribution in [3.63, 3.8) is 0 Å². The maximum Gasteiger partial charge on any atom is 0.238 e. The molecule has 0 saturated carbocycles. The Kier molecular flexibility index (Phi) is 6.23. The highest BCUT2D eigenvalue weighted by atomic mass is 32.2. The standard InChI is InChI=1S/C12H19NO5S/c1-10-9-11(3-4-12(10)19(13,14)15)18-8-7-17-6-5-16-2/h3-4,9H,5-8H2,1-2H3,(H2,13,14,15). The van der Waals surface area contributed by atoms with Crippen LogP contribution in [0.15, 0.2) is 23.1 Å². The maximum atomic E-state index is 11.2. The zero-order valence-corrected chi connectivity index (χ0v) is 11.9. The highest BCUT2D eigenvalue weighted by Gasteiger charge is 2.11. The van der Waals surface area contributed by atoms with E-state index in [0.717, 1.165) is 0 Å². The molecule has 0 aliphatic rings. The molecule has 0 bridgehead atoms. The largest absolute Gasteiger partial charge is 0.491 e. The van der Waals surface area contributed by atoms with E-state index in [1.165, 1.54) is 6.07 Å². The Balaban J connectivity index is 2.46. The summed E-state index contributed by atoms with van der Waals surface area (Å²) in [6, 6.07) is 4.64. The Hall–Kier alpha value is -1.15. The number of aryl methyl sites for hydroxylation is 1. The topological polar surface area (TPSA) is 87.8 Å². The third-order valence-electron chi connectivity index (χ3n) is 2.38. The summed E-state index contributed by atoms with van der Waals surface area (Å²) in [5.74, 6) is 0.584. The number of methoxy groups -OCH3 is 1. The molecule has 2 N–H and O–H groups in total. The van der Waals surface area contributed by atoms with Gasteiger partial charge in [0.1, 0.15) is 12.4 Å². The molecule has 0 heterocycles. The molecule has 1 aromatic rings. The van der Waals surface area contributed by atoms with Gasteiger partial charge in [0.25, 0.3) is 0 Å². The summed E-state index contributed by atoms with van der Waals surface area (Å²) in [7, 11) is -2.07. The van der Waals surface area contributed by atoms with Crippen LogP contribution in [0.3, 0.4) is 0 Å². The van der Waals surface area contributed by atoms with Crippen molar-refractivity contribution in [3.8, 4) is 5.75 Å². The van der Waals surface area contributed by atoms with E-state index in [1.54, 1.807) is 26.2 Å². The zero-order valence-electron chi connectivity index (χ0n) is 11.1. The van der Waals surface area contributed by atoms with E-state index in [1.807, 2.05) is 0 Å². The molecule has 108 valence electrons. The van der Waals surface area contributed by atoms with Gasteiger partial charge in [-0.25, -0.2) is 13.6 Å². The lowest BCUT2D eigenvalue weighted by Gasteiger charge is -2.09. The number of nitrogens with two attached hydrogens (primary N) is 1. The molecule has 0 fully saturated rings. The fourth-order valence-corrected chi connectivity index (χ4v) is 2.26. The summed E-state index contributed by atoms with van der Waals surface area (Å²) >= 11 is 0. The molecule has 0 radical (unpaired) electrons. The average molecular weight is 289 g/mol. The molecule has 0 aliphatic heterocycles. The minimum atomic E-state index is -3.68. The van der Waals surface area contributed by atoms with Crippen LogP contribution in [0.1, 0.15) is 5.56 Å². The molecule has 0 aliphatic carbocycles. The molecular formula is C12H19NO5S. The van der Waals surface area contributed by atoms with E-state index in [-0.39, 0.29) is 4.90 Å². The highest BCUT2D eigenvalue weighted by Crippen LogP contribution is 2.20. The van der Waals surface area contributed by atoms with Gasteiger partial charge in [-0.3, -0.25) is 0 Å². The first-order valence-electron chi connectivity index (χ1n) is 5.78. The number of ether oxygens (including phenoxy) is 3. The summed E-state index contributed by atoms with van der Waals surface area (Å²) in [4.78, 5) is 0.108. The number of sulfonamides is 1. The van der Waals surface area contributed by atoms with E-state index < -0.39 is 10.0 Å². The van der Waals surface area contributed by atoms with E-state index in [4.69, 9.17) is 19.3 Å². The molecule has 0 saturated heterocycles. The van der Waals surface area contributed by atoms with Gasteiger partial charge in [0, 0.05) is 7.11 Å². The molecule has 0 spiro atoms. The second-order valence-electron chi connectivity index (χ2n) is 3.93. The van der Waals surface area contributed by atoms with E-state index >= 15 is 0 Å². The Morgan fingerprint density at radius 2 is 1.84 bits per heavy atom. The van der Waals surface area contributed by atoms with Crippen LogP contribution >= 0.6 is 0 Å². The minimum absolute atomic E-state index is 0.108. The third kappa shape index (κ3) is 5.56. The van der Waals surface area contributed by atoms with Gasteiger partial charge in [0.15, 0.2) is 0 Å². The minimum Gasteiger partial charge on any atom is -0.491 e. The van der Waals surface area contributed by atoms with Gasteiger partial charge in [-0.1, -0.05) is 0 Å². The lowest BCUT2D eigenvalue weighted by molar-refractivity contribution is 0.0544. The summed E-state index contributed by atoms with van der Waals surface area (Å²) in [6.45, 7) is 3.56. The Morgan fingerprint density at radius 1 is 1.16 bits per heavy atom. The van der Waals surface area contributed by atoms with Crippen molar-refractivity contribution in [1.29, 1.82) is 0 Å². The SMILES string of the molecule is COCCOCCOc1ccc(S(N)(=O)=O)c(C)c1. The van der Waals surface area contributed by atoms with Crippen LogP contribution in [0.25, 0.3) is 0 Å². The first-order chi connectivity index (χ1) is 8.95. The smallest absolute Gasteiger partial charge is 0.238 e. The normalized spacial score (nSPS) is 11.5. The van der Waals surface area contributed by atoms with E-state index in [2.05, 4.69) is 0 Å². The first kappa shape index (κ1) is 15.9. The van der Waals surface area contributed by atoms with Crippen molar-refractivity contribution >= 4 is 10.0 Å². The predicted molar refractivity (Wildman–Crippen MR) is 70.7 cm³/mol. The van der Waals surface area contributed by atoms with Crippen molar-refractivity contribution < 1.29 is 22.6 Å². The van der Waals surface area contributed by atoms with Crippen LogP contribution in [0.2, 0.25) is 0 Å². The molecule has 0 aromatic heterocycles. The first-order valence-corrected chi connectivity index (χ1v) is 7.32. The highest BCUT2D eigenvalue weighted by molar-refractivity contribution is 7.89. The number of benzene rings is 1. The summed E-state index contributed by atoms with van der Waals surface area (Å²) in [6.07, 6.45) is 0. The fraction of sp³-hybridized carbons (Fsp3) is 0.500. The number of rotatable bonds is 8. The molecule has 0 amide bonds. The van der Waals surface area contributed by atoms with Crippen LogP contribution in [-0.2, 0) is 19.5 Å². The second-order valence-corrected chi connectivity index (χ2v) is 5.46. The van der Waals surface area contributed by atoms with Gasteiger partial charge in [0.2, 0.25) is 10.0 Å². The van der Waals surface area contributed by atoms with Crippen LogP contribution in [0.5, 0.6) is 5.75 Å². The molecule has 0 atom stereocenters. The second kappa shape index (κ2) is 7.44. The molecular weight excluding hydrogens is 270 g/mol. The Labute approximate surface area is 113 Å². The summed E-state index contributed by atoms with van der Waals surface area (Å²) in [5.41, 5.74) is 0.556. The molecule has 19 heavy (non-hydrogen) atoms. The van der Waals surface area contributed by atoms with E-state index in [9.17, 15) is 8.42 Å². The van der Waals surface area contributed by atoms with Crippen molar-refractivity contribution in [3.05, 3.63) is 23.8 Å². The van der Waals surface area contributed by atoms with Gasteiger partial charge < -0.3 is 14.2 Å². The number of hydrogen-bond donors (Lipinski definition) is 1. The van der Waals surface area contributed by atoms with Crippen molar-refractivity contribution in [2.75, 3.05) is 33.5 Å². The number of primary sulfonamides is 1. The van der Waals surface area contributed by atoms with Crippen molar-refractivity contribution in [2.24, 2.45) is 5.14 Å². The monoisotopic (exact) mass is 289 g/mol. The molecule has 1 rings (SSSR count). The molecule has 7 heteroatoms. The van der Waals surface area contributed by atoms with Crippen LogP contribution in [0, 0.1) is 6.92 Å². The maximum absolute atomic E-state index is 11.2. The van der Waals surface area contributed by atoms with Gasteiger partial charge in [-0.05, 0) is 30.7 Å². The third-order valence-corrected chi connectivity index (χ3v) is 3.45. The van der Waals surface area contributed by atoms with Gasteiger partial charge in [-0.15, -0.1) is 0 Å². The Morgan fingerprint density at radius 3 is 2.42 bits per heavy atom. The van der Waals surface area contributed by atoms with Crippen LogP contribution in [-0.4, -0.2) is 42.0 Å². The number of hydrogen-bond acceptors (Lipinski definition) is 5. The molecule has 6 nitrogen and oxygen atoms in total. The van der Waals surface area contributed by atoms with E-state index in [0.29, 0.717) is 37.7 Å². The summed E-state index contributed by atoms with van der Waals surface area (Å²) < 4.78 is 38.0. The lowest BCUT2D eigenvalue weighted by atomic mass is 10.2. The van der Waals surface area contributed by atoms with Gasteiger partial charge in [-0.2, -0.15) is 0 Å². The predicted octanol–water partition coefficient (Wildman–Crippen LogP) is 0.684. The van der Waals surface area contributed by atoms with Gasteiger partial charge in [0.05, 0.1) is 24.7 Å². The quantitative estimate of drug-likeness (QED) is 0.711. The van der Waals surface area contributed by atoms with Crippen molar-refractivity contribution in [2.45, 2.75) is 11.8 Å². The molecule has 0 unspecified atom stereocenters. The molecule has 1 aromatic carbocycles. The van der Waals surface area contributed by atoms with Crippen molar-refractivity contribution in [1.82, 2.24) is 0 Å². The average Bonchev–Trinajstić information content (AvgIpc) is 2.32. The van der Waals surface area contributed by atoms with Crippen LogP contribution < -0.4 is 9.88 Å². The van der Waals surface area contributed by atoms with Gasteiger partial charge >= 0.3 is 0 Å². The summed E-state index contributed by atoms with van der Waals surface area (Å²) in [5, 5.41) is 5.08.